The molecule has 1 aromatic rings. The second kappa shape index (κ2) is 8.78. The summed E-state index contributed by atoms with van der Waals surface area (Å²) in [6.07, 6.45) is 4.23. The number of rotatable bonds is 5. The number of piperidine rings is 1. The molecule has 4 rings (SSSR count). The number of fused-ring (bicyclic) bond motifs is 1. The fraction of sp³-hybridized carbons (Fsp3) is 0.810. The minimum absolute atomic E-state index is 0.0335. The van der Waals surface area contributed by atoms with Crippen molar-refractivity contribution in [3.05, 3.63) is 16.1 Å². The van der Waals surface area contributed by atoms with Crippen LogP contribution < -0.4 is 0 Å². The number of hydrogen-bond donors (Lipinski definition) is 0. The molecular formula is C21H33N3O3S. The van der Waals surface area contributed by atoms with Crippen LogP contribution >= 0.6 is 11.3 Å². The highest BCUT2D eigenvalue weighted by atomic mass is 32.1. The second-order valence-electron chi connectivity index (χ2n) is 8.51. The van der Waals surface area contributed by atoms with Gasteiger partial charge in [-0.15, -0.1) is 11.3 Å². The van der Waals surface area contributed by atoms with Crippen molar-refractivity contribution in [3.8, 4) is 0 Å². The third kappa shape index (κ3) is 3.99. The highest BCUT2D eigenvalue weighted by molar-refractivity contribution is 7.09. The molecule has 6 nitrogen and oxygen atoms in total. The Labute approximate surface area is 172 Å². The van der Waals surface area contributed by atoms with Gasteiger partial charge in [0, 0.05) is 37.1 Å². The zero-order valence-electron chi connectivity index (χ0n) is 17.2. The Hall–Kier alpha value is -1.02. The van der Waals surface area contributed by atoms with Gasteiger partial charge in [-0.2, -0.15) is 0 Å². The van der Waals surface area contributed by atoms with Gasteiger partial charge in [0.2, 0.25) is 0 Å². The molecule has 0 amide bonds. The molecule has 2 saturated heterocycles. The molecule has 3 atom stereocenters. The molecule has 3 aliphatic rings. The smallest absolute Gasteiger partial charge is 0.313 e. The maximum atomic E-state index is 13.2. The fourth-order valence-corrected chi connectivity index (χ4v) is 6.24. The van der Waals surface area contributed by atoms with Crippen LogP contribution in [0.5, 0.6) is 0 Å². The summed E-state index contributed by atoms with van der Waals surface area (Å²) in [4.78, 5) is 23.9. The molecule has 2 aliphatic heterocycles. The average molecular weight is 408 g/mol. The summed E-state index contributed by atoms with van der Waals surface area (Å²) < 4.78 is 11.2. The first-order valence-corrected chi connectivity index (χ1v) is 11.6. The summed E-state index contributed by atoms with van der Waals surface area (Å²) in [5.74, 6) is 0.457. The molecule has 0 aromatic carbocycles. The van der Waals surface area contributed by atoms with Crippen LogP contribution in [0, 0.1) is 18.3 Å². The lowest BCUT2D eigenvalue weighted by molar-refractivity contribution is -0.170. The molecule has 0 unspecified atom stereocenters. The standard InChI is InChI=1S/C21H33N3O3S/c1-3-27-20(25)21-6-4-18(24-8-10-26-11-9-24)12-17(21)5-7-23(14-21)13-19-16(2)22-15-28-19/h15,17-18H,3-14H2,1-2H3/t17-,18+,21-/m1/s1. The number of carbonyl (C=O) groups is 1. The van der Waals surface area contributed by atoms with E-state index >= 15 is 0 Å². The summed E-state index contributed by atoms with van der Waals surface area (Å²) in [7, 11) is 0. The minimum atomic E-state index is -0.338. The molecule has 0 N–H and O–H groups in total. The number of aryl methyl sites for hydroxylation is 1. The molecule has 1 aliphatic carbocycles. The van der Waals surface area contributed by atoms with Gasteiger partial charge in [-0.25, -0.2) is 4.98 Å². The van der Waals surface area contributed by atoms with Gasteiger partial charge >= 0.3 is 5.97 Å². The van der Waals surface area contributed by atoms with Crippen molar-refractivity contribution >= 4 is 17.3 Å². The van der Waals surface area contributed by atoms with Crippen molar-refractivity contribution in [2.45, 2.75) is 52.1 Å². The normalized spacial score (nSPS) is 32.1. The van der Waals surface area contributed by atoms with Crippen molar-refractivity contribution in [3.63, 3.8) is 0 Å². The van der Waals surface area contributed by atoms with Gasteiger partial charge in [0.05, 0.1) is 36.4 Å². The van der Waals surface area contributed by atoms with Crippen molar-refractivity contribution in [1.29, 1.82) is 0 Å². The second-order valence-corrected chi connectivity index (χ2v) is 9.45. The number of esters is 1. The van der Waals surface area contributed by atoms with E-state index in [0.29, 0.717) is 18.6 Å². The Bertz CT molecular complexity index is 676. The molecular weight excluding hydrogens is 374 g/mol. The Morgan fingerprint density at radius 2 is 2.18 bits per heavy atom. The first-order chi connectivity index (χ1) is 13.6. The van der Waals surface area contributed by atoms with Gasteiger partial charge in [0.25, 0.3) is 0 Å². The lowest BCUT2D eigenvalue weighted by Gasteiger charge is -2.52. The van der Waals surface area contributed by atoms with Crippen molar-refractivity contribution < 1.29 is 14.3 Å². The van der Waals surface area contributed by atoms with E-state index in [-0.39, 0.29) is 11.4 Å². The van der Waals surface area contributed by atoms with E-state index in [0.717, 1.165) is 77.3 Å². The molecule has 156 valence electrons. The van der Waals surface area contributed by atoms with E-state index in [1.165, 1.54) is 4.88 Å². The Morgan fingerprint density at radius 1 is 1.36 bits per heavy atom. The first-order valence-electron chi connectivity index (χ1n) is 10.7. The van der Waals surface area contributed by atoms with Crippen LogP contribution in [0.3, 0.4) is 0 Å². The highest BCUT2D eigenvalue weighted by Crippen LogP contribution is 2.48. The molecule has 0 radical (unpaired) electrons. The van der Waals surface area contributed by atoms with Crippen molar-refractivity contribution in [1.82, 2.24) is 14.8 Å². The number of morpholine rings is 1. The number of thiazole rings is 1. The number of ether oxygens (including phenoxy) is 2. The number of aromatic nitrogens is 1. The van der Waals surface area contributed by atoms with Crippen LogP contribution in [0.15, 0.2) is 5.51 Å². The van der Waals surface area contributed by atoms with E-state index in [2.05, 4.69) is 21.7 Å². The lowest BCUT2D eigenvalue weighted by atomic mass is 9.61. The van der Waals surface area contributed by atoms with E-state index in [4.69, 9.17) is 9.47 Å². The monoisotopic (exact) mass is 407 g/mol. The van der Waals surface area contributed by atoms with Crippen LogP contribution in [-0.4, -0.2) is 72.8 Å². The van der Waals surface area contributed by atoms with Crippen LogP contribution in [0.1, 0.15) is 43.2 Å². The lowest BCUT2D eigenvalue weighted by Crippen LogP contribution is -2.58. The molecule has 28 heavy (non-hydrogen) atoms. The summed E-state index contributed by atoms with van der Waals surface area (Å²) >= 11 is 1.72. The van der Waals surface area contributed by atoms with E-state index in [1.54, 1.807) is 11.3 Å². The Kier molecular flexibility index (Phi) is 6.35. The van der Waals surface area contributed by atoms with E-state index < -0.39 is 0 Å². The number of nitrogens with zero attached hydrogens (tertiary/aromatic N) is 3. The minimum Gasteiger partial charge on any atom is -0.466 e. The van der Waals surface area contributed by atoms with Gasteiger partial charge in [-0.3, -0.25) is 14.6 Å². The summed E-state index contributed by atoms with van der Waals surface area (Å²) in [5.41, 5.74) is 2.70. The van der Waals surface area contributed by atoms with Crippen LogP contribution in [0.2, 0.25) is 0 Å². The van der Waals surface area contributed by atoms with Gasteiger partial charge in [-0.1, -0.05) is 0 Å². The molecule has 1 aromatic heterocycles. The van der Waals surface area contributed by atoms with Gasteiger partial charge in [0.15, 0.2) is 0 Å². The molecule has 3 heterocycles. The predicted molar refractivity (Wildman–Crippen MR) is 109 cm³/mol. The summed E-state index contributed by atoms with van der Waals surface area (Å²) in [5, 5.41) is 0. The molecule has 3 fully saturated rings. The SMILES string of the molecule is CCOC(=O)[C@@]12CC[C@H](N3CCOCC3)C[C@H]1CCN(Cc1scnc1C)C2. The van der Waals surface area contributed by atoms with Gasteiger partial charge < -0.3 is 9.47 Å². The van der Waals surface area contributed by atoms with E-state index in [1.807, 2.05) is 12.4 Å². The van der Waals surface area contributed by atoms with Gasteiger partial charge in [0.1, 0.15) is 0 Å². The third-order valence-electron chi connectivity index (χ3n) is 7.02. The van der Waals surface area contributed by atoms with Crippen molar-refractivity contribution in [2.24, 2.45) is 11.3 Å². The maximum absolute atomic E-state index is 13.2. The number of likely N-dealkylation sites (tertiary alicyclic amines) is 1. The number of hydrogen-bond acceptors (Lipinski definition) is 7. The number of carbonyl (C=O) groups excluding carboxylic acids is 1. The summed E-state index contributed by atoms with van der Waals surface area (Å²) in [6.45, 7) is 11.0. The molecule has 7 heteroatoms. The highest BCUT2D eigenvalue weighted by Gasteiger charge is 2.53. The van der Waals surface area contributed by atoms with Crippen LogP contribution in [0.4, 0.5) is 0 Å². The topological polar surface area (TPSA) is 54.9 Å². The largest absolute Gasteiger partial charge is 0.466 e. The Balaban J connectivity index is 1.49. The molecule has 0 spiro atoms. The van der Waals surface area contributed by atoms with Crippen LogP contribution in [-0.2, 0) is 20.8 Å². The zero-order valence-corrected chi connectivity index (χ0v) is 18.0. The molecule has 0 bridgehead atoms. The average Bonchev–Trinajstić information content (AvgIpc) is 3.12. The maximum Gasteiger partial charge on any atom is 0.313 e. The summed E-state index contributed by atoms with van der Waals surface area (Å²) in [6, 6.07) is 0.590. The van der Waals surface area contributed by atoms with Crippen molar-refractivity contribution in [2.75, 3.05) is 46.0 Å². The molecule has 1 saturated carbocycles. The van der Waals surface area contributed by atoms with Crippen LogP contribution in [0.25, 0.3) is 0 Å². The zero-order chi connectivity index (χ0) is 19.6. The fourth-order valence-electron chi connectivity index (χ4n) is 5.42. The van der Waals surface area contributed by atoms with Gasteiger partial charge in [-0.05, 0) is 52.0 Å². The van der Waals surface area contributed by atoms with E-state index in [9.17, 15) is 4.79 Å². The predicted octanol–water partition coefficient (Wildman–Crippen LogP) is 2.71. The first kappa shape index (κ1) is 20.3. The third-order valence-corrected chi connectivity index (χ3v) is 7.94. The quantitative estimate of drug-likeness (QED) is 0.700. The Morgan fingerprint density at radius 3 is 2.89 bits per heavy atom.